The van der Waals surface area contributed by atoms with Crippen molar-refractivity contribution in [2.75, 3.05) is 20.3 Å². The first kappa shape index (κ1) is 25.1. The smallest absolute Gasteiger partial charge is 0.255 e. The molecule has 3 atom stereocenters. The lowest BCUT2D eigenvalue weighted by atomic mass is 9.98. The molecule has 0 spiro atoms. The lowest BCUT2D eigenvalue weighted by Crippen LogP contribution is -2.51. The number of hydrogen-bond acceptors (Lipinski definition) is 6. The number of oxime groups is 1. The molecule has 1 aliphatic heterocycles. The lowest BCUT2D eigenvalue weighted by molar-refractivity contribution is -0.126. The predicted octanol–water partition coefficient (Wildman–Crippen LogP) is 2.78. The second-order valence-corrected chi connectivity index (χ2v) is 8.56. The van der Waals surface area contributed by atoms with E-state index < -0.39 is 30.7 Å². The Kier molecular flexibility index (Phi) is 8.10. The molecule has 8 nitrogen and oxygen atoms in total. The van der Waals surface area contributed by atoms with Gasteiger partial charge in [0, 0.05) is 12.0 Å². The van der Waals surface area contributed by atoms with Gasteiger partial charge in [0.05, 0.1) is 24.9 Å². The van der Waals surface area contributed by atoms with Gasteiger partial charge < -0.3 is 25.3 Å². The standard InChI is InChI=1S/C28H29N3O5/c1-36-30-21-16-25(27(34)29-24(18-32)26(33)20-12-6-3-7-13-20)31(17-21)28(35)23-15-9-8-14-22(23)19-10-4-2-5-11-19/h2-15,24-26,32-33H,16-18H2,1H3,(H,29,34)/t24-,25-,26-/m0/s1. The minimum atomic E-state index is -1.11. The van der Waals surface area contributed by atoms with Gasteiger partial charge in [0.1, 0.15) is 19.3 Å². The van der Waals surface area contributed by atoms with Gasteiger partial charge in [-0.15, -0.1) is 0 Å². The Hall–Kier alpha value is -4.01. The van der Waals surface area contributed by atoms with Gasteiger partial charge in [-0.05, 0) is 22.8 Å². The average molecular weight is 488 g/mol. The van der Waals surface area contributed by atoms with Gasteiger partial charge in [0.25, 0.3) is 5.91 Å². The Morgan fingerprint density at radius 3 is 2.33 bits per heavy atom. The Labute approximate surface area is 209 Å². The number of aliphatic hydroxyl groups is 2. The second kappa shape index (κ2) is 11.6. The van der Waals surface area contributed by atoms with E-state index in [0.29, 0.717) is 16.8 Å². The summed E-state index contributed by atoms with van der Waals surface area (Å²) < 4.78 is 0. The molecule has 1 saturated heterocycles. The maximum Gasteiger partial charge on any atom is 0.255 e. The fourth-order valence-corrected chi connectivity index (χ4v) is 4.43. The number of nitrogens with one attached hydrogen (secondary N) is 1. The number of carbonyl (C=O) groups excluding carboxylic acids is 2. The van der Waals surface area contributed by atoms with E-state index in [0.717, 1.165) is 11.1 Å². The van der Waals surface area contributed by atoms with Crippen LogP contribution in [0.25, 0.3) is 11.1 Å². The molecule has 0 saturated carbocycles. The van der Waals surface area contributed by atoms with Crippen molar-refractivity contribution in [3.05, 3.63) is 96.1 Å². The normalized spacial score (nSPS) is 18.0. The quantitative estimate of drug-likeness (QED) is 0.423. The van der Waals surface area contributed by atoms with Crippen molar-refractivity contribution in [3.8, 4) is 11.1 Å². The summed E-state index contributed by atoms with van der Waals surface area (Å²) in [6, 6.07) is 23.8. The van der Waals surface area contributed by atoms with Crippen molar-refractivity contribution in [2.24, 2.45) is 5.16 Å². The molecule has 1 aliphatic rings. The lowest BCUT2D eigenvalue weighted by Gasteiger charge is -2.28. The van der Waals surface area contributed by atoms with Gasteiger partial charge in [-0.25, -0.2) is 0 Å². The molecular formula is C28H29N3O5. The van der Waals surface area contributed by atoms with Gasteiger partial charge in [-0.3, -0.25) is 9.59 Å². The summed E-state index contributed by atoms with van der Waals surface area (Å²) in [6.07, 6.45) is -0.935. The molecule has 8 heteroatoms. The van der Waals surface area contributed by atoms with Crippen LogP contribution in [0.4, 0.5) is 0 Å². The molecule has 0 aliphatic carbocycles. The number of likely N-dealkylation sites (tertiary alicyclic amines) is 1. The molecule has 3 aromatic rings. The third-order valence-corrected chi connectivity index (χ3v) is 6.23. The molecule has 0 bridgehead atoms. The van der Waals surface area contributed by atoms with Crippen molar-refractivity contribution in [1.29, 1.82) is 0 Å². The summed E-state index contributed by atoms with van der Waals surface area (Å²) in [6.45, 7) is -0.350. The highest BCUT2D eigenvalue weighted by Gasteiger charge is 2.40. The van der Waals surface area contributed by atoms with Crippen molar-refractivity contribution in [3.63, 3.8) is 0 Å². The zero-order valence-electron chi connectivity index (χ0n) is 19.9. The number of aliphatic hydroxyl groups excluding tert-OH is 2. The number of carbonyl (C=O) groups is 2. The van der Waals surface area contributed by atoms with E-state index in [1.54, 1.807) is 36.4 Å². The van der Waals surface area contributed by atoms with E-state index in [4.69, 9.17) is 4.84 Å². The van der Waals surface area contributed by atoms with Crippen LogP contribution in [0.5, 0.6) is 0 Å². The molecule has 3 N–H and O–H groups in total. The summed E-state index contributed by atoms with van der Waals surface area (Å²) >= 11 is 0. The van der Waals surface area contributed by atoms with E-state index >= 15 is 0 Å². The summed E-state index contributed by atoms with van der Waals surface area (Å²) in [7, 11) is 1.41. The summed E-state index contributed by atoms with van der Waals surface area (Å²) in [5.74, 6) is -0.809. The first-order valence-electron chi connectivity index (χ1n) is 11.7. The van der Waals surface area contributed by atoms with Crippen LogP contribution in [0.3, 0.4) is 0 Å². The van der Waals surface area contributed by atoms with Crippen molar-refractivity contribution in [2.45, 2.75) is 24.6 Å². The molecule has 36 heavy (non-hydrogen) atoms. The minimum Gasteiger partial charge on any atom is -0.399 e. The van der Waals surface area contributed by atoms with E-state index in [1.807, 2.05) is 48.5 Å². The Bertz CT molecular complexity index is 1220. The molecule has 0 unspecified atom stereocenters. The highest BCUT2D eigenvalue weighted by atomic mass is 16.6. The molecule has 1 heterocycles. The molecule has 3 aromatic carbocycles. The zero-order valence-corrected chi connectivity index (χ0v) is 19.9. The molecule has 0 aromatic heterocycles. The largest absolute Gasteiger partial charge is 0.399 e. The molecule has 1 fully saturated rings. The first-order valence-corrected chi connectivity index (χ1v) is 11.7. The fourth-order valence-electron chi connectivity index (χ4n) is 4.43. The molecule has 0 radical (unpaired) electrons. The number of rotatable bonds is 8. The van der Waals surface area contributed by atoms with Crippen LogP contribution in [0.1, 0.15) is 28.4 Å². The Morgan fingerprint density at radius 1 is 1.03 bits per heavy atom. The monoisotopic (exact) mass is 487 g/mol. The first-order chi connectivity index (χ1) is 17.5. The van der Waals surface area contributed by atoms with E-state index in [2.05, 4.69) is 10.5 Å². The molecular weight excluding hydrogens is 458 g/mol. The summed E-state index contributed by atoms with van der Waals surface area (Å²) in [4.78, 5) is 33.5. The maximum absolute atomic E-state index is 13.8. The summed E-state index contributed by atoms with van der Waals surface area (Å²) in [5, 5.41) is 27.3. The number of benzene rings is 3. The van der Waals surface area contributed by atoms with Crippen LogP contribution in [-0.4, -0.2) is 65.0 Å². The van der Waals surface area contributed by atoms with Gasteiger partial charge in [0.2, 0.25) is 5.91 Å². The number of amides is 2. The van der Waals surface area contributed by atoms with Crippen LogP contribution in [0, 0.1) is 0 Å². The van der Waals surface area contributed by atoms with Gasteiger partial charge in [-0.1, -0.05) is 84.0 Å². The maximum atomic E-state index is 13.8. The molecule has 186 valence electrons. The van der Waals surface area contributed by atoms with Crippen LogP contribution < -0.4 is 5.32 Å². The highest BCUT2D eigenvalue weighted by Crippen LogP contribution is 2.28. The SMILES string of the molecule is CON=C1C[C@@H](C(=O)N[C@@H](CO)[C@@H](O)c2ccccc2)N(C(=O)c2ccccc2-c2ccccc2)C1. The fraction of sp³-hybridized carbons (Fsp3) is 0.250. The van der Waals surface area contributed by atoms with Crippen LogP contribution >= 0.6 is 0 Å². The number of nitrogens with zero attached hydrogens (tertiary/aromatic N) is 2. The Morgan fingerprint density at radius 2 is 1.67 bits per heavy atom. The Balaban J connectivity index is 1.60. The van der Waals surface area contributed by atoms with Crippen molar-refractivity contribution in [1.82, 2.24) is 10.2 Å². The highest BCUT2D eigenvalue weighted by molar-refractivity contribution is 6.08. The number of hydrogen-bond donors (Lipinski definition) is 3. The summed E-state index contributed by atoms with van der Waals surface area (Å²) in [5.41, 5.74) is 3.22. The van der Waals surface area contributed by atoms with E-state index in [1.165, 1.54) is 12.0 Å². The van der Waals surface area contributed by atoms with E-state index in [-0.39, 0.29) is 18.9 Å². The van der Waals surface area contributed by atoms with Gasteiger partial charge in [-0.2, -0.15) is 0 Å². The molecule has 2 amide bonds. The third kappa shape index (κ3) is 5.45. The van der Waals surface area contributed by atoms with E-state index in [9.17, 15) is 19.8 Å². The molecule has 4 rings (SSSR count). The second-order valence-electron chi connectivity index (χ2n) is 8.56. The topological polar surface area (TPSA) is 111 Å². The van der Waals surface area contributed by atoms with Gasteiger partial charge in [0.15, 0.2) is 0 Å². The van der Waals surface area contributed by atoms with Gasteiger partial charge >= 0.3 is 0 Å². The minimum absolute atomic E-state index is 0.124. The van der Waals surface area contributed by atoms with Crippen LogP contribution in [-0.2, 0) is 9.63 Å². The van der Waals surface area contributed by atoms with Crippen LogP contribution in [0.2, 0.25) is 0 Å². The van der Waals surface area contributed by atoms with Crippen molar-refractivity contribution >= 4 is 17.5 Å². The predicted molar refractivity (Wildman–Crippen MR) is 136 cm³/mol. The van der Waals surface area contributed by atoms with Crippen molar-refractivity contribution < 1.29 is 24.6 Å². The average Bonchev–Trinajstić information content (AvgIpc) is 3.36. The van der Waals surface area contributed by atoms with Crippen LogP contribution in [0.15, 0.2) is 90.1 Å². The zero-order chi connectivity index (χ0) is 25.5. The third-order valence-electron chi connectivity index (χ3n) is 6.23.